The third-order valence-electron chi connectivity index (χ3n) is 3.88. The van der Waals surface area contributed by atoms with Gasteiger partial charge in [-0.3, -0.25) is 0 Å². The van der Waals surface area contributed by atoms with E-state index in [2.05, 4.69) is 5.16 Å². The number of amides is 1. The Morgan fingerprint density at radius 3 is 2.85 bits per heavy atom. The number of aromatic nitrogens is 1. The number of benzene rings is 1. The van der Waals surface area contributed by atoms with Gasteiger partial charge < -0.3 is 23.6 Å². The first-order chi connectivity index (χ1) is 12.3. The van der Waals surface area contributed by atoms with Crippen molar-refractivity contribution in [3.8, 4) is 11.5 Å². The van der Waals surface area contributed by atoms with E-state index in [0.717, 1.165) is 5.56 Å². The number of ether oxygens (including phenoxy) is 3. The molecule has 7 nitrogen and oxygen atoms in total. The number of aryl methyl sites for hydroxylation is 1. The van der Waals surface area contributed by atoms with Gasteiger partial charge in [0.1, 0.15) is 23.1 Å². The van der Waals surface area contributed by atoms with Crippen LogP contribution < -0.4 is 4.74 Å². The smallest absolute Gasteiger partial charge is 0.410 e. The highest BCUT2D eigenvalue weighted by molar-refractivity contribution is 5.68. The molecule has 0 N–H and O–H groups in total. The first kappa shape index (κ1) is 18.3. The largest absolute Gasteiger partial charge is 0.452 e. The summed E-state index contributed by atoms with van der Waals surface area (Å²) in [6.45, 7) is 8.79. The summed E-state index contributed by atoms with van der Waals surface area (Å²) >= 11 is 0. The summed E-state index contributed by atoms with van der Waals surface area (Å²) in [5.41, 5.74) is 1.10. The summed E-state index contributed by atoms with van der Waals surface area (Å²) < 4.78 is 22.0. The van der Waals surface area contributed by atoms with Crippen LogP contribution in [0, 0.1) is 6.92 Å². The molecular formula is C19H24N2O5. The van der Waals surface area contributed by atoms with Crippen molar-refractivity contribution >= 4 is 6.09 Å². The zero-order chi connectivity index (χ0) is 18.7. The normalized spacial score (nSPS) is 17.8. The van der Waals surface area contributed by atoms with E-state index in [1.54, 1.807) is 4.90 Å². The van der Waals surface area contributed by atoms with Gasteiger partial charge in [-0.2, -0.15) is 0 Å². The Balaban J connectivity index is 1.69. The molecule has 0 aliphatic carbocycles. The molecule has 2 aromatic rings. The topological polar surface area (TPSA) is 74.0 Å². The molecule has 0 unspecified atom stereocenters. The number of morpholine rings is 1. The molecule has 1 aliphatic heterocycles. The Kier molecular flexibility index (Phi) is 5.18. The van der Waals surface area contributed by atoms with Crippen LogP contribution in [0.5, 0.6) is 11.5 Å². The molecule has 1 amide bonds. The average molecular weight is 360 g/mol. The summed E-state index contributed by atoms with van der Waals surface area (Å²) in [6, 6.07) is 7.60. The van der Waals surface area contributed by atoms with Crippen LogP contribution in [0.15, 0.2) is 35.1 Å². The Morgan fingerprint density at radius 1 is 1.35 bits per heavy atom. The molecule has 26 heavy (non-hydrogen) atoms. The first-order valence-corrected chi connectivity index (χ1v) is 8.60. The minimum Gasteiger partial charge on any atom is -0.452 e. The van der Waals surface area contributed by atoms with E-state index in [1.807, 2.05) is 52.0 Å². The van der Waals surface area contributed by atoms with Crippen molar-refractivity contribution in [1.29, 1.82) is 0 Å². The molecule has 1 saturated heterocycles. The lowest BCUT2D eigenvalue weighted by Crippen LogP contribution is -2.44. The number of rotatable bonds is 3. The van der Waals surface area contributed by atoms with Crippen LogP contribution in [0.4, 0.5) is 4.79 Å². The van der Waals surface area contributed by atoms with Crippen LogP contribution in [0.25, 0.3) is 0 Å². The monoisotopic (exact) mass is 360 g/mol. The second kappa shape index (κ2) is 7.37. The standard InChI is InChI=1S/C19H24N2O5/c1-13-17(12-24-20-13)25-15-7-5-6-14(10-15)16-11-21(8-9-23-16)18(22)26-19(2,3)4/h5-7,10,12,16H,8-9,11H2,1-4H3/t16-/m0/s1. The van der Waals surface area contributed by atoms with Crippen molar-refractivity contribution in [2.75, 3.05) is 19.7 Å². The van der Waals surface area contributed by atoms with Gasteiger partial charge in [0.15, 0.2) is 12.0 Å². The number of hydrogen-bond donors (Lipinski definition) is 0. The fourth-order valence-corrected chi connectivity index (χ4v) is 2.63. The van der Waals surface area contributed by atoms with Gasteiger partial charge in [0.25, 0.3) is 0 Å². The van der Waals surface area contributed by atoms with E-state index >= 15 is 0 Å². The number of carbonyl (C=O) groups is 1. The van der Waals surface area contributed by atoms with Crippen molar-refractivity contribution in [2.45, 2.75) is 39.4 Å². The molecule has 0 saturated carbocycles. The number of carbonyl (C=O) groups excluding carboxylic acids is 1. The molecule has 1 aliphatic rings. The Hall–Kier alpha value is -2.54. The summed E-state index contributed by atoms with van der Waals surface area (Å²) in [5.74, 6) is 1.23. The van der Waals surface area contributed by atoms with Gasteiger partial charge in [-0.25, -0.2) is 4.79 Å². The van der Waals surface area contributed by atoms with Crippen LogP contribution in [0.2, 0.25) is 0 Å². The zero-order valence-electron chi connectivity index (χ0n) is 15.5. The highest BCUT2D eigenvalue weighted by Crippen LogP contribution is 2.29. The van der Waals surface area contributed by atoms with E-state index in [-0.39, 0.29) is 12.2 Å². The maximum Gasteiger partial charge on any atom is 0.410 e. The second-order valence-corrected chi connectivity index (χ2v) is 7.22. The number of hydrogen-bond acceptors (Lipinski definition) is 6. The Bertz CT molecular complexity index is 765. The van der Waals surface area contributed by atoms with Gasteiger partial charge in [0, 0.05) is 6.54 Å². The molecule has 2 heterocycles. The van der Waals surface area contributed by atoms with E-state index in [1.165, 1.54) is 6.26 Å². The molecule has 7 heteroatoms. The molecule has 1 aromatic carbocycles. The van der Waals surface area contributed by atoms with Gasteiger partial charge in [-0.15, -0.1) is 0 Å². The summed E-state index contributed by atoms with van der Waals surface area (Å²) in [6.07, 6.45) is 0.908. The van der Waals surface area contributed by atoms with Crippen molar-refractivity contribution < 1.29 is 23.5 Å². The van der Waals surface area contributed by atoms with E-state index < -0.39 is 5.60 Å². The van der Waals surface area contributed by atoms with Crippen LogP contribution in [0.3, 0.4) is 0 Å². The van der Waals surface area contributed by atoms with E-state index in [9.17, 15) is 4.79 Å². The van der Waals surface area contributed by atoms with Crippen LogP contribution >= 0.6 is 0 Å². The van der Waals surface area contributed by atoms with Crippen LogP contribution in [0.1, 0.15) is 38.1 Å². The molecule has 140 valence electrons. The fourth-order valence-electron chi connectivity index (χ4n) is 2.63. The third kappa shape index (κ3) is 4.54. The highest BCUT2D eigenvalue weighted by Gasteiger charge is 2.29. The molecule has 0 spiro atoms. The molecule has 1 fully saturated rings. The van der Waals surface area contributed by atoms with Gasteiger partial charge in [0.2, 0.25) is 0 Å². The van der Waals surface area contributed by atoms with Crippen molar-refractivity contribution in [3.05, 3.63) is 41.8 Å². The van der Waals surface area contributed by atoms with Crippen molar-refractivity contribution in [3.63, 3.8) is 0 Å². The molecule has 1 atom stereocenters. The molecule has 0 radical (unpaired) electrons. The van der Waals surface area contributed by atoms with Gasteiger partial charge in [-0.05, 0) is 45.4 Å². The second-order valence-electron chi connectivity index (χ2n) is 7.22. The summed E-state index contributed by atoms with van der Waals surface area (Å²) in [4.78, 5) is 14.0. The van der Waals surface area contributed by atoms with Gasteiger partial charge >= 0.3 is 6.09 Å². The lowest BCUT2D eigenvalue weighted by atomic mass is 10.1. The summed E-state index contributed by atoms with van der Waals surface area (Å²) in [5, 5.41) is 3.80. The number of nitrogens with zero attached hydrogens (tertiary/aromatic N) is 2. The minimum atomic E-state index is -0.519. The van der Waals surface area contributed by atoms with Crippen LogP contribution in [-0.2, 0) is 9.47 Å². The van der Waals surface area contributed by atoms with Crippen molar-refractivity contribution in [2.24, 2.45) is 0 Å². The first-order valence-electron chi connectivity index (χ1n) is 8.60. The molecular weight excluding hydrogens is 336 g/mol. The molecule has 3 rings (SSSR count). The van der Waals surface area contributed by atoms with Crippen molar-refractivity contribution in [1.82, 2.24) is 10.1 Å². The highest BCUT2D eigenvalue weighted by atomic mass is 16.6. The maximum atomic E-state index is 12.3. The van der Waals surface area contributed by atoms with Gasteiger partial charge in [-0.1, -0.05) is 17.3 Å². The maximum absolute atomic E-state index is 12.3. The quantitative estimate of drug-likeness (QED) is 0.821. The van der Waals surface area contributed by atoms with Crippen LogP contribution in [-0.4, -0.2) is 41.4 Å². The predicted octanol–water partition coefficient (Wildman–Crippen LogP) is 4.08. The zero-order valence-corrected chi connectivity index (χ0v) is 15.5. The SMILES string of the molecule is Cc1nocc1Oc1cccc([C@@H]2CN(C(=O)OC(C)(C)C)CCO2)c1. The summed E-state index contributed by atoms with van der Waals surface area (Å²) in [7, 11) is 0. The van der Waals surface area contributed by atoms with E-state index in [0.29, 0.717) is 36.9 Å². The fraction of sp³-hybridized carbons (Fsp3) is 0.474. The average Bonchev–Trinajstić information content (AvgIpc) is 2.99. The minimum absolute atomic E-state index is 0.233. The lowest BCUT2D eigenvalue weighted by molar-refractivity contribution is -0.0433. The predicted molar refractivity (Wildman–Crippen MR) is 94.3 cm³/mol. The lowest BCUT2D eigenvalue weighted by Gasteiger charge is -2.34. The molecule has 1 aromatic heterocycles. The van der Waals surface area contributed by atoms with Gasteiger partial charge in [0.05, 0.1) is 13.2 Å². The third-order valence-corrected chi connectivity index (χ3v) is 3.88. The van der Waals surface area contributed by atoms with E-state index in [4.69, 9.17) is 18.7 Å². The Morgan fingerprint density at radius 2 is 2.15 bits per heavy atom. The Labute approximate surface area is 152 Å². The molecule has 0 bridgehead atoms.